The van der Waals surface area contributed by atoms with Crippen LogP contribution in [0.3, 0.4) is 0 Å². The van der Waals surface area contributed by atoms with Crippen LogP contribution < -0.4 is 16.4 Å². The van der Waals surface area contributed by atoms with Gasteiger partial charge in [-0.1, -0.05) is 0 Å². The standard InChI is InChI=1S/C21H17F3N8O3/c1-11-2-3-13(7-27-11)32-8-14(17(31-32)18(25)33)29-19(34)15-9-35-20(30-15)12-4-5-26-16(6-12)28-10-21(22,23)24/h2-9H,10H2,1H3,(H2,25,33)(H,26,28)(H,29,34). The Morgan fingerprint density at radius 2 is 2.00 bits per heavy atom. The van der Waals surface area contributed by atoms with Crippen molar-refractivity contribution < 1.29 is 27.2 Å². The number of anilines is 2. The van der Waals surface area contributed by atoms with Gasteiger partial charge >= 0.3 is 6.18 Å². The number of hydrogen-bond acceptors (Lipinski definition) is 8. The monoisotopic (exact) mass is 486 g/mol. The second kappa shape index (κ2) is 9.24. The third kappa shape index (κ3) is 5.61. The molecule has 35 heavy (non-hydrogen) atoms. The summed E-state index contributed by atoms with van der Waals surface area (Å²) in [5.74, 6) is -1.67. The highest BCUT2D eigenvalue weighted by molar-refractivity contribution is 6.07. The summed E-state index contributed by atoms with van der Waals surface area (Å²) in [5.41, 5.74) is 6.71. The molecular formula is C21H17F3N8O3. The van der Waals surface area contributed by atoms with Crippen molar-refractivity contribution in [2.75, 3.05) is 17.2 Å². The van der Waals surface area contributed by atoms with E-state index in [1.165, 1.54) is 35.4 Å². The SMILES string of the molecule is Cc1ccc(-n2cc(NC(=O)c3coc(-c4ccnc(NCC(F)(F)F)c4)n3)c(C(N)=O)n2)cn1. The van der Waals surface area contributed by atoms with Crippen LogP contribution >= 0.6 is 0 Å². The molecule has 0 spiro atoms. The highest BCUT2D eigenvalue weighted by atomic mass is 19.4. The molecule has 0 atom stereocenters. The number of carbonyl (C=O) groups excluding carboxylic acids is 2. The number of rotatable bonds is 7. The smallest absolute Gasteiger partial charge is 0.405 e. The summed E-state index contributed by atoms with van der Waals surface area (Å²) in [6.45, 7) is 0.544. The second-order valence-corrected chi connectivity index (χ2v) is 7.25. The highest BCUT2D eigenvalue weighted by Gasteiger charge is 2.27. The molecule has 4 rings (SSSR count). The highest BCUT2D eigenvalue weighted by Crippen LogP contribution is 2.23. The quantitative estimate of drug-likeness (QED) is 0.360. The van der Waals surface area contributed by atoms with Gasteiger partial charge in [0.05, 0.1) is 23.8 Å². The van der Waals surface area contributed by atoms with Crippen LogP contribution in [0.2, 0.25) is 0 Å². The minimum atomic E-state index is -4.42. The van der Waals surface area contributed by atoms with Gasteiger partial charge in [-0.15, -0.1) is 0 Å². The minimum absolute atomic E-state index is 0.0239. The number of alkyl halides is 3. The number of pyridine rings is 2. The van der Waals surface area contributed by atoms with Gasteiger partial charge in [0.15, 0.2) is 11.4 Å². The van der Waals surface area contributed by atoms with E-state index in [4.69, 9.17) is 10.2 Å². The lowest BCUT2D eigenvalue weighted by Gasteiger charge is -2.08. The van der Waals surface area contributed by atoms with E-state index in [9.17, 15) is 22.8 Å². The number of aryl methyl sites for hydroxylation is 1. The van der Waals surface area contributed by atoms with Gasteiger partial charge in [0.25, 0.3) is 11.8 Å². The van der Waals surface area contributed by atoms with Gasteiger partial charge in [-0.3, -0.25) is 14.6 Å². The predicted molar refractivity (Wildman–Crippen MR) is 117 cm³/mol. The first-order valence-corrected chi connectivity index (χ1v) is 9.95. The molecule has 0 aliphatic carbocycles. The summed E-state index contributed by atoms with van der Waals surface area (Å²) in [7, 11) is 0. The normalized spacial score (nSPS) is 11.3. The fourth-order valence-electron chi connectivity index (χ4n) is 2.92. The molecular weight excluding hydrogens is 469 g/mol. The number of nitrogens with zero attached hydrogens (tertiary/aromatic N) is 5. The molecule has 0 bridgehead atoms. The van der Waals surface area contributed by atoms with Gasteiger partial charge in [0, 0.05) is 17.5 Å². The van der Waals surface area contributed by atoms with E-state index < -0.39 is 24.5 Å². The van der Waals surface area contributed by atoms with Gasteiger partial charge in [0.1, 0.15) is 18.6 Å². The van der Waals surface area contributed by atoms with E-state index in [0.717, 1.165) is 12.0 Å². The lowest BCUT2D eigenvalue weighted by Crippen LogP contribution is -2.21. The Kier molecular flexibility index (Phi) is 6.18. The fraction of sp³-hybridized carbons (Fsp3) is 0.143. The maximum Gasteiger partial charge on any atom is 0.405 e. The topological polar surface area (TPSA) is 154 Å². The first kappa shape index (κ1) is 23.4. The second-order valence-electron chi connectivity index (χ2n) is 7.25. The molecule has 4 heterocycles. The molecule has 4 N–H and O–H groups in total. The van der Waals surface area contributed by atoms with Crippen molar-refractivity contribution in [3.05, 3.63) is 66.2 Å². The molecule has 4 aromatic heterocycles. The molecule has 0 fully saturated rings. The van der Waals surface area contributed by atoms with Crippen LogP contribution in [0.4, 0.5) is 24.7 Å². The first-order valence-electron chi connectivity index (χ1n) is 9.95. The summed E-state index contributed by atoms with van der Waals surface area (Å²) in [6, 6.07) is 6.22. The zero-order valence-corrected chi connectivity index (χ0v) is 18.0. The zero-order valence-electron chi connectivity index (χ0n) is 18.0. The van der Waals surface area contributed by atoms with Gasteiger partial charge in [-0.05, 0) is 31.2 Å². The van der Waals surface area contributed by atoms with E-state index in [2.05, 4.69) is 30.7 Å². The van der Waals surface area contributed by atoms with Crippen molar-refractivity contribution in [1.82, 2.24) is 24.7 Å². The molecule has 11 nitrogen and oxygen atoms in total. The number of oxazole rings is 1. The van der Waals surface area contributed by atoms with Gasteiger partial charge in [-0.25, -0.2) is 14.6 Å². The van der Waals surface area contributed by atoms with Crippen LogP contribution in [0.1, 0.15) is 26.7 Å². The van der Waals surface area contributed by atoms with Crippen molar-refractivity contribution >= 4 is 23.3 Å². The molecule has 0 unspecified atom stereocenters. The van der Waals surface area contributed by atoms with Crippen LogP contribution in [0.5, 0.6) is 0 Å². The third-order valence-electron chi connectivity index (χ3n) is 4.57. The van der Waals surface area contributed by atoms with Crippen LogP contribution in [0, 0.1) is 6.92 Å². The number of hydrogen-bond donors (Lipinski definition) is 3. The Morgan fingerprint density at radius 3 is 2.69 bits per heavy atom. The van der Waals surface area contributed by atoms with Gasteiger partial charge in [0.2, 0.25) is 5.89 Å². The van der Waals surface area contributed by atoms with Crippen LogP contribution in [-0.2, 0) is 0 Å². The molecule has 14 heteroatoms. The van der Waals surface area contributed by atoms with Crippen molar-refractivity contribution in [1.29, 1.82) is 0 Å². The van der Waals surface area contributed by atoms with Crippen molar-refractivity contribution in [3.8, 4) is 17.1 Å². The van der Waals surface area contributed by atoms with Crippen molar-refractivity contribution in [2.24, 2.45) is 5.73 Å². The summed E-state index contributed by atoms with van der Waals surface area (Å²) < 4.78 is 43.9. The third-order valence-corrected chi connectivity index (χ3v) is 4.57. The largest absolute Gasteiger partial charge is 0.444 e. The average molecular weight is 486 g/mol. The van der Waals surface area contributed by atoms with E-state index >= 15 is 0 Å². The number of carbonyl (C=O) groups is 2. The molecule has 0 aromatic carbocycles. The molecule has 0 aliphatic heterocycles. The Bertz CT molecular complexity index is 1380. The van der Waals surface area contributed by atoms with Crippen molar-refractivity contribution in [2.45, 2.75) is 13.1 Å². The van der Waals surface area contributed by atoms with Crippen LogP contribution in [0.25, 0.3) is 17.1 Å². The number of halogens is 3. The minimum Gasteiger partial charge on any atom is -0.444 e. The number of nitrogens with two attached hydrogens (primary N) is 1. The number of aromatic nitrogens is 5. The lowest BCUT2D eigenvalue weighted by molar-refractivity contribution is -0.115. The van der Waals surface area contributed by atoms with E-state index in [1.807, 2.05) is 6.92 Å². The summed E-state index contributed by atoms with van der Waals surface area (Å²) in [5, 5.41) is 8.76. The predicted octanol–water partition coefficient (Wildman–Crippen LogP) is 2.95. The maximum absolute atomic E-state index is 12.7. The lowest BCUT2D eigenvalue weighted by atomic mass is 10.2. The summed E-state index contributed by atoms with van der Waals surface area (Å²) >= 11 is 0. The van der Waals surface area contributed by atoms with Gasteiger partial charge in [-0.2, -0.15) is 18.3 Å². The Labute approximate surface area is 195 Å². The number of primary amides is 1. The average Bonchev–Trinajstić information content (AvgIpc) is 3.46. The zero-order chi connectivity index (χ0) is 25.2. The fourth-order valence-corrected chi connectivity index (χ4v) is 2.92. The molecule has 0 saturated carbocycles. The molecule has 0 saturated heterocycles. The molecule has 2 amide bonds. The molecule has 4 aromatic rings. The maximum atomic E-state index is 12.7. The molecule has 0 aliphatic rings. The Hall–Kier alpha value is -4.75. The molecule has 0 radical (unpaired) electrons. The van der Waals surface area contributed by atoms with Gasteiger partial charge < -0.3 is 20.8 Å². The number of amides is 2. The molecule has 180 valence electrons. The first-order chi connectivity index (χ1) is 16.6. The van der Waals surface area contributed by atoms with Crippen LogP contribution in [0.15, 0.2) is 53.5 Å². The summed E-state index contributed by atoms with van der Waals surface area (Å²) in [6.07, 6.45) is 0.846. The van der Waals surface area contributed by atoms with E-state index in [0.29, 0.717) is 11.3 Å². The van der Waals surface area contributed by atoms with Crippen LogP contribution in [-0.4, -0.2) is 49.3 Å². The summed E-state index contributed by atoms with van der Waals surface area (Å²) in [4.78, 5) is 36.6. The Balaban J connectivity index is 1.53. The van der Waals surface area contributed by atoms with Crippen molar-refractivity contribution in [3.63, 3.8) is 0 Å². The Morgan fingerprint density at radius 1 is 1.20 bits per heavy atom. The number of nitrogens with one attached hydrogen (secondary N) is 2. The van der Waals surface area contributed by atoms with E-state index in [-0.39, 0.29) is 28.8 Å². The van der Waals surface area contributed by atoms with E-state index in [1.54, 1.807) is 12.1 Å².